The Labute approximate surface area is 136 Å². The predicted molar refractivity (Wildman–Crippen MR) is 87.4 cm³/mol. The molecule has 0 spiro atoms. The van der Waals surface area contributed by atoms with Crippen LogP contribution in [0.5, 0.6) is 0 Å². The number of hydrogen-bond acceptors (Lipinski definition) is 5. The van der Waals surface area contributed by atoms with Crippen LogP contribution in [0, 0.1) is 5.92 Å². The fourth-order valence-corrected chi connectivity index (χ4v) is 3.96. The summed E-state index contributed by atoms with van der Waals surface area (Å²) in [5.41, 5.74) is 0. The van der Waals surface area contributed by atoms with Gasteiger partial charge in [-0.25, -0.2) is 8.42 Å². The number of nitrogens with one attached hydrogen (secondary N) is 1. The maximum atomic E-state index is 12.1. The van der Waals surface area contributed by atoms with Gasteiger partial charge in [-0.05, 0) is 23.8 Å². The summed E-state index contributed by atoms with van der Waals surface area (Å²) in [5, 5.41) is 4.39. The Hall–Kier alpha value is -0.960. The van der Waals surface area contributed by atoms with Crippen molar-refractivity contribution in [1.29, 1.82) is 0 Å². The van der Waals surface area contributed by atoms with E-state index in [0.717, 1.165) is 15.6 Å². The first kappa shape index (κ1) is 19.1. The number of amides is 1. The standard InChI is InChI=1S/C14H24N2O4S2/c1-12(2)11-20-8-5-7-15-13(17)10-16(3)22(18,19)14-6-4-9-21-14/h4,6,9,12H,5,7-8,10-11H2,1-3H3,(H,15,17). The molecule has 0 saturated carbocycles. The highest BCUT2D eigenvalue weighted by Crippen LogP contribution is 2.19. The normalized spacial score (nSPS) is 12.0. The second-order valence-electron chi connectivity index (χ2n) is 5.37. The van der Waals surface area contributed by atoms with Gasteiger partial charge in [0.2, 0.25) is 5.91 Å². The molecule has 0 aliphatic carbocycles. The van der Waals surface area contributed by atoms with E-state index in [1.807, 2.05) is 0 Å². The van der Waals surface area contributed by atoms with Crippen molar-refractivity contribution in [2.75, 3.05) is 33.4 Å². The molecule has 0 atom stereocenters. The van der Waals surface area contributed by atoms with Gasteiger partial charge in [0.05, 0.1) is 6.54 Å². The summed E-state index contributed by atoms with van der Waals surface area (Å²) < 4.78 is 31.0. The van der Waals surface area contributed by atoms with Crippen molar-refractivity contribution in [3.05, 3.63) is 17.5 Å². The van der Waals surface area contributed by atoms with E-state index in [1.54, 1.807) is 11.4 Å². The van der Waals surface area contributed by atoms with Gasteiger partial charge in [0.15, 0.2) is 0 Å². The van der Waals surface area contributed by atoms with Gasteiger partial charge < -0.3 is 10.1 Å². The van der Waals surface area contributed by atoms with Crippen LogP contribution >= 0.6 is 11.3 Å². The topological polar surface area (TPSA) is 75.7 Å². The third kappa shape index (κ3) is 6.43. The average Bonchev–Trinajstić information content (AvgIpc) is 2.97. The molecular formula is C14H24N2O4S2. The monoisotopic (exact) mass is 348 g/mol. The van der Waals surface area contributed by atoms with E-state index in [0.29, 0.717) is 32.1 Å². The van der Waals surface area contributed by atoms with E-state index in [1.165, 1.54) is 13.1 Å². The summed E-state index contributed by atoms with van der Waals surface area (Å²) in [7, 11) is -2.17. The van der Waals surface area contributed by atoms with E-state index in [9.17, 15) is 13.2 Å². The molecule has 22 heavy (non-hydrogen) atoms. The highest BCUT2D eigenvalue weighted by atomic mass is 32.2. The summed E-state index contributed by atoms with van der Waals surface area (Å²) in [6.45, 7) is 5.73. The van der Waals surface area contributed by atoms with E-state index in [2.05, 4.69) is 19.2 Å². The van der Waals surface area contributed by atoms with Crippen LogP contribution in [0.4, 0.5) is 0 Å². The van der Waals surface area contributed by atoms with Crippen molar-refractivity contribution < 1.29 is 17.9 Å². The molecule has 6 nitrogen and oxygen atoms in total. The van der Waals surface area contributed by atoms with Gasteiger partial charge in [-0.1, -0.05) is 19.9 Å². The third-order valence-electron chi connectivity index (χ3n) is 2.76. The van der Waals surface area contributed by atoms with Gasteiger partial charge in [-0.3, -0.25) is 4.79 Å². The summed E-state index contributed by atoms with van der Waals surface area (Å²) >= 11 is 1.14. The fraction of sp³-hybridized carbons (Fsp3) is 0.643. The van der Waals surface area contributed by atoms with E-state index >= 15 is 0 Å². The fourth-order valence-electron chi connectivity index (χ4n) is 1.63. The second kappa shape index (κ2) is 9.24. The number of carbonyl (C=O) groups is 1. The molecule has 126 valence electrons. The number of nitrogens with zero attached hydrogens (tertiary/aromatic N) is 1. The van der Waals surface area contributed by atoms with Crippen molar-refractivity contribution in [2.45, 2.75) is 24.5 Å². The van der Waals surface area contributed by atoms with Gasteiger partial charge >= 0.3 is 0 Å². The maximum Gasteiger partial charge on any atom is 0.252 e. The van der Waals surface area contributed by atoms with Gasteiger partial charge in [0.25, 0.3) is 10.0 Å². The molecule has 1 amide bonds. The maximum absolute atomic E-state index is 12.1. The number of likely N-dealkylation sites (N-methyl/N-ethyl adjacent to an activating group) is 1. The first-order valence-corrected chi connectivity index (χ1v) is 9.50. The molecule has 0 unspecified atom stereocenters. The van der Waals surface area contributed by atoms with Gasteiger partial charge in [-0.15, -0.1) is 11.3 Å². The van der Waals surface area contributed by atoms with Crippen LogP contribution in [0.25, 0.3) is 0 Å². The van der Waals surface area contributed by atoms with Crippen molar-refractivity contribution in [3.63, 3.8) is 0 Å². The minimum absolute atomic E-state index is 0.187. The Morgan fingerprint density at radius 2 is 2.18 bits per heavy atom. The molecule has 0 aromatic carbocycles. The summed E-state index contributed by atoms with van der Waals surface area (Å²) in [6, 6.07) is 3.20. The molecule has 0 bridgehead atoms. The van der Waals surface area contributed by atoms with Crippen molar-refractivity contribution in [3.8, 4) is 0 Å². The van der Waals surface area contributed by atoms with E-state index in [4.69, 9.17) is 4.74 Å². The predicted octanol–water partition coefficient (Wildman–Crippen LogP) is 1.55. The largest absolute Gasteiger partial charge is 0.381 e. The van der Waals surface area contributed by atoms with Crippen LogP contribution in [0.1, 0.15) is 20.3 Å². The Balaban J connectivity index is 2.27. The number of sulfonamides is 1. The molecule has 8 heteroatoms. The third-order valence-corrected chi connectivity index (χ3v) is 5.94. The van der Waals surface area contributed by atoms with Gasteiger partial charge in [-0.2, -0.15) is 4.31 Å². The number of rotatable bonds is 10. The van der Waals surface area contributed by atoms with E-state index < -0.39 is 10.0 Å². The lowest BCUT2D eigenvalue weighted by molar-refractivity contribution is -0.121. The molecule has 0 fully saturated rings. The number of thiophene rings is 1. The van der Waals surface area contributed by atoms with Gasteiger partial charge in [0.1, 0.15) is 4.21 Å². The van der Waals surface area contributed by atoms with Crippen LogP contribution in [0.3, 0.4) is 0 Å². The highest BCUT2D eigenvalue weighted by Gasteiger charge is 2.23. The van der Waals surface area contributed by atoms with Crippen LogP contribution in [-0.2, 0) is 19.6 Å². The lowest BCUT2D eigenvalue weighted by Gasteiger charge is -2.15. The Bertz CT molecular complexity index is 541. The minimum Gasteiger partial charge on any atom is -0.381 e. The Kier molecular flexibility index (Phi) is 8.02. The smallest absolute Gasteiger partial charge is 0.252 e. The van der Waals surface area contributed by atoms with E-state index in [-0.39, 0.29) is 16.7 Å². The molecule has 1 rings (SSSR count). The molecule has 0 aliphatic heterocycles. The van der Waals surface area contributed by atoms with Crippen molar-refractivity contribution in [1.82, 2.24) is 9.62 Å². The molecule has 0 aliphatic rings. The molecular weight excluding hydrogens is 324 g/mol. The zero-order valence-electron chi connectivity index (χ0n) is 13.2. The highest BCUT2D eigenvalue weighted by molar-refractivity contribution is 7.91. The summed E-state index contributed by atoms with van der Waals surface area (Å²) in [6.07, 6.45) is 0.708. The van der Waals surface area contributed by atoms with Gasteiger partial charge in [0, 0.05) is 26.8 Å². The SMILES string of the molecule is CC(C)COCCCNC(=O)CN(C)S(=O)(=O)c1cccs1. The second-order valence-corrected chi connectivity index (χ2v) is 8.58. The molecule has 1 aromatic heterocycles. The number of ether oxygens (including phenoxy) is 1. The van der Waals surface area contributed by atoms with Crippen molar-refractivity contribution >= 4 is 27.3 Å². The first-order valence-electron chi connectivity index (χ1n) is 7.18. The molecule has 1 heterocycles. The number of carbonyl (C=O) groups excluding carboxylic acids is 1. The molecule has 1 N–H and O–H groups in total. The molecule has 0 radical (unpaired) electrons. The molecule has 1 aromatic rings. The van der Waals surface area contributed by atoms with Crippen LogP contribution in [0.2, 0.25) is 0 Å². The number of hydrogen-bond donors (Lipinski definition) is 1. The van der Waals surface area contributed by atoms with Crippen LogP contribution in [-0.4, -0.2) is 52.0 Å². The Morgan fingerprint density at radius 1 is 1.45 bits per heavy atom. The quantitative estimate of drug-likeness (QED) is 0.651. The summed E-state index contributed by atoms with van der Waals surface area (Å²) in [4.78, 5) is 11.8. The van der Waals surface area contributed by atoms with Crippen molar-refractivity contribution in [2.24, 2.45) is 5.92 Å². The van der Waals surface area contributed by atoms with Crippen LogP contribution in [0.15, 0.2) is 21.7 Å². The zero-order valence-corrected chi connectivity index (χ0v) is 14.9. The average molecular weight is 348 g/mol. The lowest BCUT2D eigenvalue weighted by Crippen LogP contribution is -2.38. The zero-order chi connectivity index (χ0) is 16.6. The van der Waals surface area contributed by atoms with Crippen LogP contribution < -0.4 is 5.32 Å². The Morgan fingerprint density at radius 3 is 2.77 bits per heavy atom. The molecule has 0 saturated heterocycles. The summed E-state index contributed by atoms with van der Waals surface area (Å²) in [5.74, 6) is 0.178. The minimum atomic E-state index is -3.57. The lowest BCUT2D eigenvalue weighted by atomic mass is 10.2. The first-order chi connectivity index (χ1) is 10.3.